The van der Waals surface area contributed by atoms with E-state index in [0.29, 0.717) is 23.8 Å². The number of amides is 2. The summed E-state index contributed by atoms with van der Waals surface area (Å²) in [6.45, 7) is 4.17. The quantitative estimate of drug-likeness (QED) is 0.597. The number of rotatable bonds is 8. The summed E-state index contributed by atoms with van der Waals surface area (Å²) in [6.07, 6.45) is 1.61. The van der Waals surface area contributed by atoms with Gasteiger partial charge in [0.05, 0.1) is 6.20 Å². The van der Waals surface area contributed by atoms with E-state index in [1.54, 1.807) is 30.5 Å². The summed E-state index contributed by atoms with van der Waals surface area (Å²) in [7, 11) is 1.54. The van der Waals surface area contributed by atoms with Crippen molar-refractivity contribution in [2.45, 2.75) is 26.5 Å². The number of ether oxygens (including phenoxy) is 1. The zero-order valence-electron chi connectivity index (χ0n) is 17.2. The van der Waals surface area contributed by atoms with Crippen LogP contribution < -0.4 is 15.4 Å². The number of hydrogen-bond donors (Lipinski definition) is 2. The van der Waals surface area contributed by atoms with Gasteiger partial charge in [-0.15, -0.1) is 0 Å². The van der Waals surface area contributed by atoms with Crippen molar-refractivity contribution in [2.75, 3.05) is 7.05 Å². The third kappa shape index (κ3) is 5.26. The van der Waals surface area contributed by atoms with Gasteiger partial charge in [0.15, 0.2) is 11.5 Å². The Bertz CT molecular complexity index is 981. The molecule has 0 aliphatic carbocycles. The maximum absolute atomic E-state index is 12.5. The van der Waals surface area contributed by atoms with E-state index in [9.17, 15) is 9.59 Å². The van der Waals surface area contributed by atoms with Crippen LogP contribution in [-0.2, 0) is 11.4 Å². The van der Waals surface area contributed by atoms with Crippen molar-refractivity contribution in [3.8, 4) is 17.2 Å². The Morgan fingerprint density at radius 1 is 1.07 bits per heavy atom. The molecule has 0 unspecified atom stereocenters. The molecule has 156 valence electrons. The van der Waals surface area contributed by atoms with E-state index in [1.807, 2.05) is 44.2 Å². The molecule has 0 fully saturated rings. The summed E-state index contributed by atoms with van der Waals surface area (Å²) in [5.74, 6) is 0.441. The molecule has 2 aromatic heterocycles. The van der Waals surface area contributed by atoms with Crippen LogP contribution in [0.15, 0.2) is 65.2 Å². The molecule has 0 aliphatic rings. The number of likely N-dealkylation sites (N-methyl/N-ethyl adjacent to an activating group) is 1. The van der Waals surface area contributed by atoms with E-state index < -0.39 is 11.9 Å². The number of furan rings is 1. The lowest BCUT2D eigenvalue weighted by molar-refractivity contribution is -0.123. The second-order valence-electron chi connectivity index (χ2n) is 7.13. The number of pyridine rings is 1. The number of benzene rings is 1. The molecule has 2 N–H and O–H groups in total. The van der Waals surface area contributed by atoms with Gasteiger partial charge in [0.25, 0.3) is 5.91 Å². The van der Waals surface area contributed by atoms with E-state index >= 15 is 0 Å². The number of carbonyl (C=O) groups excluding carboxylic acids is 2. The van der Waals surface area contributed by atoms with E-state index in [-0.39, 0.29) is 17.6 Å². The van der Waals surface area contributed by atoms with Crippen LogP contribution in [0.25, 0.3) is 11.5 Å². The van der Waals surface area contributed by atoms with Crippen molar-refractivity contribution in [3.63, 3.8) is 0 Å². The van der Waals surface area contributed by atoms with Crippen molar-refractivity contribution in [1.29, 1.82) is 0 Å². The van der Waals surface area contributed by atoms with E-state index in [1.165, 1.54) is 7.05 Å². The molecule has 1 aromatic carbocycles. The molecule has 7 heteroatoms. The summed E-state index contributed by atoms with van der Waals surface area (Å²) < 4.78 is 11.4. The number of hydrogen-bond acceptors (Lipinski definition) is 5. The molecule has 0 aliphatic heterocycles. The van der Waals surface area contributed by atoms with Crippen molar-refractivity contribution in [3.05, 3.63) is 72.1 Å². The Balaban J connectivity index is 1.63. The molecule has 3 rings (SSSR count). The highest BCUT2D eigenvalue weighted by atomic mass is 16.5. The van der Waals surface area contributed by atoms with Gasteiger partial charge in [-0.2, -0.15) is 0 Å². The molecule has 0 spiro atoms. The van der Waals surface area contributed by atoms with Gasteiger partial charge in [0, 0.05) is 7.05 Å². The van der Waals surface area contributed by atoms with Gasteiger partial charge >= 0.3 is 0 Å². The van der Waals surface area contributed by atoms with Gasteiger partial charge in [0.1, 0.15) is 24.1 Å². The van der Waals surface area contributed by atoms with Crippen LogP contribution in [-0.4, -0.2) is 29.9 Å². The van der Waals surface area contributed by atoms with Crippen LogP contribution in [0.5, 0.6) is 5.75 Å². The normalized spacial score (nSPS) is 11.7. The zero-order valence-corrected chi connectivity index (χ0v) is 17.2. The first kappa shape index (κ1) is 21.1. The number of nitrogens with one attached hydrogen (secondary N) is 2. The second-order valence-corrected chi connectivity index (χ2v) is 7.13. The molecule has 2 heterocycles. The van der Waals surface area contributed by atoms with Gasteiger partial charge in [-0.1, -0.05) is 44.2 Å². The first-order valence-electron chi connectivity index (χ1n) is 9.73. The Morgan fingerprint density at radius 3 is 2.47 bits per heavy atom. The van der Waals surface area contributed by atoms with E-state index in [2.05, 4.69) is 15.6 Å². The van der Waals surface area contributed by atoms with Crippen LogP contribution >= 0.6 is 0 Å². The minimum Gasteiger partial charge on any atom is -0.487 e. The summed E-state index contributed by atoms with van der Waals surface area (Å²) >= 11 is 0. The highest BCUT2D eigenvalue weighted by Crippen LogP contribution is 2.22. The van der Waals surface area contributed by atoms with Crippen LogP contribution in [0, 0.1) is 5.92 Å². The minimum atomic E-state index is -0.643. The number of nitrogens with zero attached hydrogens (tertiary/aromatic N) is 1. The van der Waals surface area contributed by atoms with Crippen molar-refractivity contribution in [1.82, 2.24) is 15.6 Å². The van der Waals surface area contributed by atoms with Crippen molar-refractivity contribution >= 4 is 11.8 Å². The van der Waals surface area contributed by atoms with Crippen LogP contribution in [0.1, 0.15) is 30.0 Å². The van der Waals surface area contributed by atoms with Crippen LogP contribution in [0.4, 0.5) is 0 Å². The summed E-state index contributed by atoms with van der Waals surface area (Å²) in [4.78, 5) is 28.8. The highest BCUT2D eigenvalue weighted by Gasteiger charge is 2.25. The molecule has 7 nitrogen and oxygen atoms in total. The Kier molecular flexibility index (Phi) is 6.85. The standard InChI is InChI=1S/C23H25N3O4/c1-15(2)21(23(28)24-3)26-22(27)20-12-11-19(30-20)18-10-9-17(13-25-18)29-14-16-7-5-4-6-8-16/h4-13,15,21H,14H2,1-3H3,(H,24,28)(H,26,27)/t21-/m0/s1. The molecule has 30 heavy (non-hydrogen) atoms. The Hall–Kier alpha value is -3.61. The lowest BCUT2D eigenvalue weighted by atomic mass is 10.0. The largest absolute Gasteiger partial charge is 0.487 e. The summed E-state index contributed by atoms with van der Waals surface area (Å²) in [5.41, 5.74) is 1.65. The molecule has 0 saturated carbocycles. The Labute approximate surface area is 175 Å². The molecule has 2 amide bonds. The summed E-state index contributed by atoms with van der Waals surface area (Å²) in [5, 5.41) is 5.26. The first-order valence-corrected chi connectivity index (χ1v) is 9.73. The fraction of sp³-hybridized carbons (Fsp3) is 0.261. The maximum atomic E-state index is 12.5. The van der Waals surface area contributed by atoms with Gasteiger partial charge in [-0.25, -0.2) is 4.98 Å². The predicted molar refractivity (Wildman–Crippen MR) is 113 cm³/mol. The number of aromatic nitrogens is 1. The first-order chi connectivity index (χ1) is 14.5. The molecular formula is C23H25N3O4. The Morgan fingerprint density at radius 2 is 1.83 bits per heavy atom. The molecule has 0 saturated heterocycles. The third-order valence-electron chi connectivity index (χ3n) is 4.55. The lowest BCUT2D eigenvalue weighted by Gasteiger charge is -2.19. The maximum Gasteiger partial charge on any atom is 0.287 e. The van der Waals surface area contributed by atoms with Crippen LogP contribution in [0.3, 0.4) is 0 Å². The average molecular weight is 407 g/mol. The molecule has 3 aromatic rings. The van der Waals surface area contributed by atoms with Gasteiger partial charge in [-0.05, 0) is 35.7 Å². The third-order valence-corrected chi connectivity index (χ3v) is 4.55. The minimum absolute atomic E-state index is 0.0616. The lowest BCUT2D eigenvalue weighted by Crippen LogP contribution is -2.48. The second kappa shape index (κ2) is 9.73. The fourth-order valence-electron chi connectivity index (χ4n) is 2.85. The van der Waals surface area contributed by atoms with Gasteiger partial charge in [-0.3, -0.25) is 9.59 Å². The summed E-state index contributed by atoms with van der Waals surface area (Å²) in [6, 6.07) is 16.0. The SMILES string of the molecule is CNC(=O)[C@@H](NC(=O)c1ccc(-c2ccc(OCc3ccccc3)cn2)o1)C(C)C. The zero-order chi connectivity index (χ0) is 21.5. The van der Waals surface area contributed by atoms with E-state index in [4.69, 9.17) is 9.15 Å². The molecular weight excluding hydrogens is 382 g/mol. The predicted octanol–water partition coefficient (Wildman–Crippen LogP) is 3.42. The molecule has 0 bridgehead atoms. The van der Waals surface area contributed by atoms with Gasteiger partial charge < -0.3 is 19.8 Å². The molecule has 1 atom stereocenters. The van der Waals surface area contributed by atoms with E-state index in [0.717, 1.165) is 5.56 Å². The van der Waals surface area contributed by atoms with Gasteiger partial charge in [0.2, 0.25) is 5.91 Å². The van der Waals surface area contributed by atoms with Crippen LogP contribution in [0.2, 0.25) is 0 Å². The fourth-order valence-corrected chi connectivity index (χ4v) is 2.85. The van der Waals surface area contributed by atoms with Crippen molar-refractivity contribution in [2.24, 2.45) is 5.92 Å². The monoisotopic (exact) mass is 407 g/mol. The number of carbonyl (C=O) groups is 2. The molecule has 0 radical (unpaired) electrons. The highest BCUT2D eigenvalue weighted by molar-refractivity contribution is 5.95. The average Bonchev–Trinajstić information content (AvgIpc) is 3.26. The smallest absolute Gasteiger partial charge is 0.287 e. The van der Waals surface area contributed by atoms with Crippen molar-refractivity contribution < 1.29 is 18.7 Å². The topological polar surface area (TPSA) is 93.5 Å².